The number of ketones is 2. The molecule has 0 bridgehead atoms. The van der Waals surface area contributed by atoms with Crippen molar-refractivity contribution in [2.75, 3.05) is 27.1 Å². The monoisotopic (exact) mass is 282 g/mol. The van der Waals surface area contributed by atoms with Gasteiger partial charge in [0.2, 0.25) is 6.79 Å². The summed E-state index contributed by atoms with van der Waals surface area (Å²) in [5, 5.41) is 0. The molecule has 0 saturated heterocycles. The topological polar surface area (TPSA) is 71.1 Å². The fraction of sp³-hybridized carbons (Fsp3) is 0.429. The van der Waals surface area contributed by atoms with E-state index < -0.39 is 0 Å². The lowest BCUT2D eigenvalue weighted by Gasteiger charge is -2.04. The van der Waals surface area contributed by atoms with Gasteiger partial charge >= 0.3 is 0 Å². The molecule has 0 fully saturated rings. The molecule has 20 heavy (non-hydrogen) atoms. The van der Waals surface area contributed by atoms with Crippen LogP contribution in [0.3, 0.4) is 0 Å². The minimum absolute atomic E-state index is 0.0114. The fourth-order valence-electron chi connectivity index (χ4n) is 1.35. The van der Waals surface area contributed by atoms with Gasteiger partial charge in [-0.15, -0.1) is 0 Å². The molecule has 0 spiro atoms. The van der Waals surface area contributed by atoms with Gasteiger partial charge in [-0.05, 0) is 26.0 Å². The van der Waals surface area contributed by atoms with Gasteiger partial charge in [0.15, 0.2) is 23.1 Å². The molecule has 1 aromatic rings. The van der Waals surface area contributed by atoms with Gasteiger partial charge in [-0.25, -0.2) is 0 Å². The highest BCUT2D eigenvalue weighted by Crippen LogP contribution is 2.34. The summed E-state index contributed by atoms with van der Waals surface area (Å²) in [4.78, 5) is 20.6. The van der Waals surface area contributed by atoms with E-state index in [4.69, 9.17) is 14.2 Å². The van der Waals surface area contributed by atoms with Gasteiger partial charge in [0.25, 0.3) is 0 Å². The predicted molar refractivity (Wildman–Crippen MR) is 71.3 cm³/mol. The van der Waals surface area contributed by atoms with Crippen molar-refractivity contribution in [3.8, 4) is 17.2 Å². The Morgan fingerprint density at radius 2 is 1.75 bits per heavy atom. The van der Waals surface area contributed by atoms with Crippen molar-refractivity contribution in [2.24, 2.45) is 0 Å². The zero-order valence-corrected chi connectivity index (χ0v) is 11.8. The number of hydrogen-bond acceptors (Lipinski definition) is 6. The number of hydrogen-bond donors (Lipinski definition) is 0. The highest BCUT2D eigenvalue weighted by Gasteiger charge is 2.13. The lowest BCUT2D eigenvalue weighted by molar-refractivity contribution is -0.120. The zero-order valence-electron chi connectivity index (χ0n) is 11.8. The molecule has 2 rings (SSSR count). The maximum Gasteiger partial charge on any atom is 0.231 e. The second-order valence-corrected chi connectivity index (χ2v) is 4.14. The Labute approximate surface area is 117 Å². The maximum atomic E-state index is 10.7. The van der Waals surface area contributed by atoms with E-state index in [1.54, 1.807) is 18.2 Å². The summed E-state index contributed by atoms with van der Waals surface area (Å²) in [6.45, 7) is 3.53. The lowest BCUT2D eigenvalue weighted by Crippen LogP contribution is -2.06. The van der Waals surface area contributed by atoms with Crippen LogP contribution in [-0.2, 0) is 14.3 Å². The standard InChI is InChI=1S/C10H10O4.C4H8O2/c1-7(11)5-12-8-2-3-9-10(4-8)14-6-13-9;1-4(5)3-6-2/h2-4H,5-6H2,1H3;3H2,1-2H3. The predicted octanol–water partition coefficient (Wildman–Crippen LogP) is 1.60. The molecule has 6 nitrogen and oxygen atoms in total. The van der Waals surface area contributed by atoms with E-state index in [0.29, 0.717) is 17.2 Å². The third kappa shape index (κ3) is 5.71. The van der Waals surface area contributed by atoms with Crippen molar-refractivity contribution in [3.63, 3.8) is 0 Å². The van der Waals surface area contributed by atoms with Crippen LogP contribution in [0.2, 0.25) is 0 Å². The quantitative estimate of drug-likeness (QED) is 0.817. The molecule has 110 valence electrons. The van der Waals surface area contributed by atoms with Crippen molar-refractivity contribution in [1.82, 2.24) is 0 Å². The Morgan fingerprint density at radius 1 is 1.10 bits per heavy atom. The van der Waals surface area contributed by atoms with Crippen LogP contribution in [0.15, 0.2) is 18.2 Å². The Bertz CT molecular complexity index is 469. The average Bonchev–Trinajstić information content (AvgIpc) is 2.84. The molecule has 1 aliphatic rings. The smallest absolute Gasteiger partial charge is 0.231 e. The first-order chi connectivity index (χ1) is 9.52. The molecule has 1 aromatic carbocycles. The summed E-state index contributed by atoms with van der Waals surface area (Å²) < 4.78 is 20.0. The number of methoxy groups -OCH3 is 1. The van der Waals surface area contributed by atoms with E-state index in [2.05, 4.69) is 4.74 Å². The SMILES string of the molecule is CC(=O)COc1ccc2c(c1)OCO2.COCC(C)=O. The number of benzene rings is 1. The van der Waals surface area contributed by atoms with Gasteiger partial charge in [-0.3, -0.25) is 9.59 Å². The average molecular weight is 282 g/mol. The van der Waals surface area contributed by atoms with Gasteiger partial charge in [0.1, 0.15) is 19.0 Å². The lowest BCUT2D eigenvalue weighted by atomic mass is 10.3. The van der Waals surface area contributed by atoms with Crippen LogP contribution in [0.25, 0.3) is 0 Å². The number of ether oxygens (including phenoxy) is 4. The highest BCUT2D eigenvalue weighted by molar-refractivity contribution is 5.77. The Balaban J connectivity index is 0.000000286. The first-order valence-corrected chi connectivity index (χ1v) is 6.03. The van der Waals surface area contributed by atoms with Gasteiger partial charge in [0, 0.05) is 13.2 Å². The van der Waals surface area contributed by atoms with Crippen LogP contribution < -0.4 is 14.2 Å². The minimum Gasteiger partial charge on any atom is -0.486 e. The Kier molecular flexibility index (Phi) is 6.52. The zero-order chi connectivity index (χ0) is 15.0. The number of rotatable bonds is 5. The molecule has 0 radical (unpaired) electrons. The van der Waals surface area contributed by atoms with Gasteiger partial charge in [0.05, 0.1) is 0 Å². The summed E-state index contributed by atoms with van der Waals surface area (Å²) in [6, 6.07) is 5.22. The Hall–Kier alpha value is -2.08. The van der Waals surface area contributed by atoms with Crippen molar-refractivity contribution in [3.05, 3.63) is 18.2 Å². The van der Waals surface area contributed by atoms with E-state index in [-0.39, 0.29) is 31.6 Å². The molecule has 1 heterocycles. The van der Waals surface area contributed by atoms with Crippen LogP contribution >= 0.6 is 0 Å². The number of carbonyl (C=O) groups excluding carboxylic acids is 2. The molecule has 0 N–H and O–H groups in total. The number of fused-ring (bicyclic) bond motifs is 1. The highest BCUT2D eigenvalue weighted by atomic mass is 16.7. The van der Waals surface area contributed by atoms with Gasteiger partial charge < -0.3 is 18.9 Å². The third-order valence-corrected chi connectivity index (χ3v) is 2.13. The Morgan fingerprint density at radius 3 is 2.30 bits per heavy atom. The summed E-state index contributed by atoms with van der Waals surface area (Å²) >= 11 is 0. The molecule has 0 atom stereocenters. The van der Waals surface area contributed by atoms with Crippen LogP contribution in [-0.4, -0.2) is 38.7 Å². The number of carbonyl (C=O) groups is 2. The largest absolute Gasteiger partial charge is 0.486 e. The van der Waals surface area contributed by atoms with Crippen LogP contribution in [0.4, 0.5) is 0 Å². The first-order valence-electron chi connectivity index (χ1n) is 6.03. The molecule has 0 amide bonds. The van der Waals surface area contributed by atoms with E-state index in [0.717, 1.165) is 0 Å². The van der Waals surface area contributed by atoms with Crippen molar-refractivity contribution in [2.45, 2.75) is 13.8 Å². The van der Waals surface area contributed by atoms with Crippen LogP contribution in [0, 0.1) is 0 Å². The maximum absolute atomic E-state index is 10.7. The minimum atomic E-state index is -0.0114. The molecule has 0 aliphatic carbocycles. The summed E-state index contributed by atoms with van der Waals surface area (Å²) in [7, 11) is 1.50. The van der Waals surface area contributed by atoms with Crippen LogP contribution in [0.5, 0.6) is 17.2 Å². The third-order valence-electron chi connectivity index (χ3n) is 2.13. The summed E-state index contributed by atoms with van der Waals surface area (Å²) in [6.07, 6.45) is 0. The fourth-order valence-corrected chi connectivity index (χ4v) is 1.35. The molecule has 0 saturated carbocycles. The first kappa shape index (κ1) is 16.0. The van der Waals surface area contributed by atoms with Gasteiger partial charge in [-0.2, -0.15) is 0 Å². The molecular weight excluding hydrogens is 264 g/mol. The van der Waals surface area contributed by atoms with Gasteiger partial charge in [-0.1, -0.05) is 0 Å². The normalized spacial score (nSPS) is 11.3. The summed E-state index contributed by atoms with van der Waals surface area (Å²) in [5.74, 6) is 2.04. The molecule has 0 unspecified atom stereocenters. The molecule has 1 aliphatic heterocycles. The molecular formula is C14H18O6. The molecule has 0 aromatic heterocycles. The second kappa shape index (κ2) is 8.16. The van der Waals surface area contributed by atoms with E-state index >= 15 is 0 Å². The van der Waals surface area contributed by atoms with Crippen molar-refractivity contribution in [1.29, 1.82) is 0 Å². The van der Waals surface area contributed by atoms with Crippen LogP contribution in [0.1, 0.15) is 13.8 Å². The van der Waals surface area contributed by atoms with Crippen molar-refractivity contribution >= 4 is 11.6 Å². The summed E-state index contributed by atoms with van der Waals surface area (Å²) in [5.41, 5.74) is 0. The van der Waals surface area contributed by atoms with E-state index in [9.17, 15) is 9.59 Å². The second-order valence-electron chi connectivity index (χ2n) is 4.14. The van der Waals surface area contributed by atoms with E-state index in [1.165, 1.54) is 21.0 Å². The van der Waals surface area contributed by atoms with Crippen molar-refractivity contribution < 1.29 is 28.5 Å². The number of Topliss-reactive ketones (excluding diaryl/α,β-unsaturated/α-hetero) is 2. The van der Waals surface area contributed by atoms with E-state index in [1.807, 2.05) is 0 Å². The molecule has 6 heteroatoms.